The van der Waals surface area contributed by atoms with E-state index in [0.717, 1.165) is 11.1 Å². The first-order valence-electron chi connectivity index (χ1n) is 14.7. The van der Waals surface area contributed by atoms with Crippen molar-refractivity contribution in [2.24, 2.45) is 0 Å². The van der Waals surface area contributed by atoms with Crippen molar-refractivity contribution in [3.8, 4) is 22.3 Å². The van der Waals surface area contributed by atoms with Crippen LogP contribution < -0.4 is 0 Å². The number of fused-ring (bicyclic) bond motifs is 6. The lowest BCUT2D eigenvalue weighted by atomic mass is 9.91. The lowest BCUT2D eigenvalue weighted by Gasteiger charge is -2.13. The number of hydrogen-bond donors (Lipinski definition) is 0. The molecular formula is C43H34. The molecule has 206 valence electrons. The molecule has 7 rings (SSSR count). The van der Waals surface area contributed by atoms with Crippen molar-refractivity contribution in [2.45, 2.75) is 6.92 Å². The van der Waals surface area contributed by atoms with Gasteiger partial charge >= 0.3 is 0 Å². The van der Waals surface area contributed by atoms with E-state index < -0.39 is 0 Å². The number of hydrogen-bond acceptors (Lipinski definition) is 0. The standard InChI is InChI=1S/C38H26.C5H8/c1-3-25-13-14-27(21-26(25)4-2)28-17-19-34-30(22-28)15-16-31-23-32(18-20-35(31)34)38-24-29-9-5-6-10-33(29)36-11-7-8-12-37(36)38;1-3-5-4-2/h3-24H,1-2H2;3-5H,1H2,2H3/b;5-4-. The molecule has 43 heavy (non-hydrogen) atoms. The summed E-state index contributed by atoms with van der Waals surface area (Å²) in [5.74, 6) is 0. The predicted molar refractivity (Wildman–Crippen MR) is 193 cm³/mol. The third-order valence-corrected chi connectivity index (χ3v) is 8.10. The Labute approximate surface area is 254 Å². The molecule has 0 heterocycles. The summed E-state index contributed by atoms with van der Waals surface area (Å²) in [6.45, 7) is 13.3. The van der Waals surface area contributed by atoms with Gasteiger partial charge in [0.25, 0.3) is 0 Å². The van der Waals surface area contributed by atoms with Gasteiger partial charge in [0, 0.05) is 0 Å². The molecule has 0 aliphatic rings. The predicted octanol–water partition coefficient (Wildman–Crippen LogP) is 12.7. The van der Waals surface area contributed by atoms with E-state index in [1.165, 1.54) is 65.3 Å². The van der Waals surface area contributed by atoms with Gasteiger partial charge in [0.1, 0.15) is 0 Å². The van der Waals surface area contributed by atoms with Crippen LogP contribution >= 0.6 is 0 Å². The van der Waals surface area contributed by atoms with Crippen molar-refractivity contribution >= 4 is 55.2 Å². The third kappa shape index (κ3) is 5.32. The third-order valence-electron chi connectivity index (χ3n) is 8.10. The second kappa shape index (κ2) is 12.2. The molecule has 0 atom stereocenters. The highest BCUT2D eigenvalue weighted by molar-refractivity contribution is 6.15. The maximum atomic E-state index is 3.97. The van der Waals surface area contributed by atoms with E-state index >= 15 is 0 Å². The van der Waals surface area contributed by atoms with Crippen molar-refractivity contribution < 1.29 is 0 Å². The summed E-state index contributed by atoms with van der Waals surface area (Å²) in [6, 6.07) is 44.4. The van der Waals surface area contributed by atoms with Crippen LogP contribution in [0.15, 0.2) is 159 Å². The van der Waals surface area contributed by atoms with Gasteiger partial charge < -0.3 is 0 Å². The van der Waals surface area contributed by atoms with Gasteiger partial charge in [-0.15, -0.1) is 0 Å². The molecule has 0 saturated carbocycles. The maximum Gasteiger partial charge on any atom is -0.00988 e. The number of benzene rings is 7. The molecular weight excluding hydrogens is 516 g/mol. The smallest absolute Gasteiger partial charge is 0.00988 e. The van der Waals surface area contributed by atoms with Crippen molar-refractivity contribution in [2.75, 3.05) is 0 Å². The van der Waals surface area contributed by atoms with E-state index in [1.54, 1.807) is 6.08 Å². The monoisotopic (exact) mass is 550 g/mol. The quantitative estimate of drug-likeness (QED) is 0.148. The Bertz CT molecular complexity index is 2190. The Balaban J connectivity index is 0.000000611. The Morgan fingerprint density at radius 3 is 1.63 bits per heavy atom. The first-order chi connectivity index (χ1) is 21.1. The molecule has 0 spiro atoms. The molecule has 7 aromatic carbocycles. The normalized spacial score (nSPS) is 11.1. The zero-order valence-corrected chi connectivity index (χ0v) is 24.6. The van der Waals surface area contributed by atoms with E-state index in [-0.39, 0.29) is 0 Å². The highest BCUT2D eigenvalue weighted by atomic mass is 14.1. The zero-order chi connectivity index (χ0) is 29.8. The maximum absolute atomic E-state index is 3.97. The molecule has 0 nitrogen and oxygen atoms in total. The highest BCUT2D eigenvalue weighted by Gasteiger charge is 2.10. The van der Waals surface area contributed by atoms with E-state index in [0.29, 0.717) is 0 Å². The summed E-state index contributed by atoms with van der Waals surface area (Å²) in [5.41, 5.74) is 7.11. The first kappa shape index (κ1) is 27.7. The van der Waals surface area contributed by atoms with E-state index in [9.17, 15) is 0 Å². The Morgan fingerprint density at radius 1 is 0.442 bits per heavy atom. The molecule has 0 heteroatoms. The lowest BCUT2D eigenvalue weighted by Crippen LogP contribution is -1.87. The second-order valence-corrected chi connectivity index (χ2v) is 10.6. The highest BCUT2D eigenvalue weighted by Crippen LogP contribution is 2.37. The molecule has 0 amide bonds. The first-order valence-corrected chi connectivity index (χ1v) is 14.7. The van der Waals surface area contributed by atoms with Gasteiger partial charge in [-0.2, -0.15) is 0 Å². The van der Waals surface area contributed by atoms with Crippen molar-refractivity contribution in [1.29, 1.82) is 0 Å². The molecule has 0 aromatic heterocycles. The van der Waals surface area contributed by atoms with Gasteiger partial charge in [-0.3, -0.25) is 0 Å². The van der Waals surface area contributed by atoms with Crippen molar-refractivity contribution in [1.82, 2.24) is 0 Å². The minimum atomic E-state index is 1.10. The molecule has 0 aliphatic carbocycles. The molecule has 0 aliphatic heterocycles. The molecule has 0 N–H and O–H groups in total. The summed E-state index contributed by atoms with van der Waals surface area (Å²) < 4.78 is 0. The Hall–Kier alpha value is -5.46. The molecule has 0 bridgehead atoms. The van der Waals surface area contributed by atoms with Crippen LogP contribution in [-0.4, -0.2) is 0 Å². The van der Waals surface area contributed by atoms with Crippen LogP contribution in [0.2, 0.25) is 0 Å². The summed E-state index contributed by atoms with van der Waals surface area (Å²) in [6.07, 6.45) is 9.35. The minimum absolute atomic E-state index is 1.10. The van der Waals surface area contributed by atoms with E-state index in [1.807, 2.05) is 31.2 Å². The molecule has 0 radical (unpaired) electrons. The summed E-state index contributed by atoms with van der Waals surface area (Å²) in [7, 11) is 0. The number of rotatable bonds is 5. The SMILES string of the molecule is C=C/C=C\C.C=Cc1ccc(-c2ccc3c(ccc4cc(-c5cc6ccccc6c6ccccc56)ccc43)c2)cc1C=C. The average molecular weight is 551 g/mol. The second-order valence-electron chi connectivity index (χ2n) is 10.6. The molecule has 7 aromatic rings. The fraction of sp³-hybridized carbons (Fsp3) is 0.0233. The van der Waals surface area contributed by atoms with Crippen LogP contribution in [0.1, 0.15) is 18.1 Å². The van der Waals surface area contributed by atoms with Crippen LogP contribution in [0, 0.1) is 0 Å². The molecule has 0 fully saturated rings. The van der Waals surface area contributed by atoms with Gasteiger partial charge in [-0.1, -0.05) is 147 Å². The van der Waals surface area contributed by atoms with Crippen LogP contribution in [0.4, 0.5) is 0 Å². The fourth-order valence-corrected chi connectivity index (χ4v) is 5.96. The van der Waals surface area contributed by atoms with Gasteiger partial charge in [0.15, 0.2) is 0 Å². The van der Waals surface area contributed by atoms with Gasteiger partial charge in [-0.25, -0.2) is 0 Å². The topological polar surface area (TPSA) is 0 Å². The van der Waals surface area contributed by atoms with Crippen LogP contribution in [0.3, 0.4) is 0 Å². The summed E-state index contributed by atoms with van der Waals surface area (Å²) >= 11 is 0. The van der Waals surface area contributed by atoms with Crippen molar-refractivity contribution in [3.63, 3.8) is 0 Å². The van der Waals surface area contributed by atoms with Crippen LogP contribution in [0.25, 0.3) is 77.5 Å². The summed E-state index contributed by atoms with van der Waals surface area (Å²) in [5, 5.41) is 10.2. The average Bonchev–Trinajstić information content (AvgIpc) is 3.07. The van der Waals surface area contributed by atoms with E-state index in [2.05, 4.69) is 141 Å². The minimum Gasteiger partial charge on any atom is -0.0991 e. The van der Waals surface area contributed by atoms with Gasteiger partial charge in [0.05, 0.1) is 0 Å². The van der Waals surface area contributed by atoms with Crippen molar-refractivity contribution in [3.05, 3.63) is 170 Å². The zero-order valence-electron chi connectivity index (χ0n) is 24.6. The lowest BCUT2D eigenvalue weighted by molar-refractivity contribution is 1.59. The Kier molecular flexibility index (Phi) is 7.85. The molecule has 0 saturated heterocycles. The fourth-order valence-electron chi connectivity index (χ4n) is 5.96. The Morgan fingerprint density at radius 2 is 0.977 bits per heavy atom. The molecule has 0 unspecified atom stereocenters. The number of allylic oxidation sites excluding steroid dienone is 3. The largest absolute Gasteiger partial charge is 0.0991 e. The summed E-state index contributed by atoms with van der Waals surface area (Å²) in [4.78, 5) is 0. The van der Waals surface area contributed by atoms with Gasteiger partial charge in [0.2, 0.25) is 0 Å². The van der Waals surface area contributed by atoms with Gasteiger partial charge in [-0.05, 0) is 108 Å². The van der Waals surface area contributed by atoms with E-state index in [4.69, 9.17) is 0 Å². The van der Waals surface area contributed by atoms with Crippen LogP contribution in [-0.2, 0) is 0 Å². The van der Waals surface area contributed by atoms with Crippen LogP contribution in [0.5, 0.6) is 0 Å².